The number of aromatic nitrogens is 4. The van der Waals surface area contributed by atoms with E-state index in [-0.39, 0.29) is 49.2 Å². The van der Waals surface area contributed by atoms with Gasteiger partial charge in [-0.25, -0.2) is 0 Å². The summed E-state index contributed by atoms with van der Waals surface area (Å²) < 4.78 is 2.90. The number of carbonyl (C=O) groups excluding carboxylic acids is 2. The second kappa shape index (κ2) is 7.10. The lowest BCUT2D eigenvalue weighted by Gasteiger charge is -2.37. The van der Waals surface area contributed by atoms with Crippen LogP contribution in [0.4, 0.5) is 0 Å². The molecule has 1 saturated carbocycles. The van der Waals surface area contributed by atoms with Crippen LogP contribution in [-0.4, -0.2) is 54.7 Å². The summed E-state index contributed by atoms with van der Waals surface area (Å²) >= 11 is 0. The van der Waals surface area contributed by atoms with Crippen molar-refractivity contribution in [2.24, 2.45) is 13.0 Å². The lowest BCUT2D eigenvalue weighted by atomic mass is 9.80. The molecule has 2 aromatic rings. The Morgan fingerprint density at radius 2 is 2.18 bits per heavy atom. The fraction of sp³-hybridized carbons (Fsp3) is 0.500. The summed E-state index contributed by atoms with van der Waals surface area (Å²) in [6.45, 7) is 0.777. The summed E-state index contributed by atoms with van der Waals surface area (Å²) in [5.41, 5.74) is -0.515. The van der Waals surface area contributed by atoms with E-state index in [0.717, 1.165) is 12.0 Å². The van der Waals surface area contributed by atoms with Crippen LogP contribution in [-0.2, 0) is 29.6 Å². The van der Waals surface area contributed by atoms with Gasteiger partial charge in [-0.3, -0.25) is 23.9 Å². The number of H-pyrrole nitrogens is 1. The van der Waals surface area contributed by atoms with E-state index in [1.165, 1.54) is 17.0 Å². The predicted molar refractivity (Wildman–Crippen MR) is 98.4 cm³/mol. The van der Waals surface area contributed by atoms with Crippen LogP contribution >= 0.6 is 0 Å². The van der Waals surface area contributed by atoms with Gasteiger partial charge in [0.15, 0.2) is 0 Å². The molecule has 0 aromatic carbocycles. The van der Waals surface area contributed by atoms with Gasteiger partial charge in [-0.05, 0) is 12.0 Å². The first kappa shape index (κ1) is 18.2. The van der Waals surface area contributed by atoms with Gasteiger partial charge in [0, 0.05) is 51.1 Å². The van der Waals surface area contributed by atoms with Crippen LogP contribution in [0.1, 0.15) is 18.4 Å². The number of aromatic amines is 1. The standard InChI is InChI=1S/C18H22N6O4/c1-22-9-11(8-20-22)6-14(25)21-16-12-7-13(16)24(10-12)15(26)2-4-23-5-3-19-17(27)18(23)28/h3,5,8-9,12-13,16H,2,4,6-7,10H2,1H3,(H,19,27)(H,21,25). The summed E-state index contributed by atoms with van der Waals surface area (Å²) in [7, 11) is 1.80. The van der Waals surface area contributed by atoms with Crippen molar-refractivity contribution in [1.29, 1.82) is 0 Å². The van der Waals surface area contributed by atoms with Crippen molar-refractivity contribution in [3.8, 4) is 0 Å². The average molecular weight is 386 g/mol. The zero-order chi connectivity index (χ0) is 19.8. The van der Waals surface area contributed by atoms with Crippen molar-refractivity contribution < 1.29 is 9.59 Å². The Hall–Kier alpha value is -3.17. The molecule has 4 heterocycles. The fourth-order valence-corrected chi connectivity index (χ4v) is 4.10. The summed E-state index contributed by atoms with van der Waals surface area (Å²) in [5, 5.41) is 7.10. The van der Waals surface area contributed by atoms with E-state index < -0.39 is 11.1 Å². The molecule has 0 spiro atoms. The summed E-state index contributed by atoms with van der Waals surface area (Å²) in [4.78, 5) is 52.0. The molecule has 1 aliphatic carbocycles. The van der Waals surface area contributed by atoms with Gasteiger partial charge in [0.25, 0.3) is 0 Å². The van der Waals surface area contributed by atoms with Crippen LogP contribution in [0, 0.1) is 5.92 Å². The van der Waals surface area contributed by atoms with E-state index in [1.807, 2.05) is 0 Å². The zero-order valence-corrected chi connectivity index (χ0v) is 15.5. The van der Waals surface area contributed by atoms with Gasteiger partial charge in [-0.2, -0.15) is 5.10 Å². The Bertz CT molecular complexity index is 1020. The zero-order valence-electron chi connectivity index (χ0n) is 15.5. The van der Waals surface area contributed by atoms with Crippen LogP contribution in [0.15, 0.2) is 34.4 Å². The molecule has 3 unspecified atom stereocenters. The molecule has 2 saturated heterocycles. The molecule has 148 valence electrons. The monoisotopic (exact) mass is 386 g/mol. The molecule has 0 radical (unpaired) electrons. The smallest absolute Gasteiger partial charge is 0.316 e. The van der Waals surface area contributed by atoms with Crippen molar-refractivity contribution in [3.63, 3.8) is 0 Å². The minimum Gasteiger partial charge on any atom is -0.351 e. The molecule has 2 bridgehead atoms. The first-order chi connectivity index (χ1) is 13.4. The van der Waals surface area contributed by atoms with E-state index in [0.29, 0.717) is 6.54 Å². The van der Waals surface area contributed by atoms with Crippen molar-refractivity contribution in [3.05, 3.63) is 51.1 Å². The second-order valence-electron chi connectivity index (χ2n) is 7.44. The maximum atomic E-state index is 12.6. The molecule has 3 atom stereocenters. The molecule has 28 heavy (non-hydrogen) atoms. The van der Waals surface area contributed by atoms with Gasteiger partial charge in [0.2, 0.25) is 11.8 Å². The highest BCUT2D eigenvalue weighted by molar-refractivity contribution is 5.80. The molecule has 2 aliphatic heterocycles. The number of carbonyl (C=O) groups is 2. The average Bonchev–Trinajstić information content (AvgIpc) is 3.36. The minimum absolute atomic E-state index is 0.00578. The van der Waals surface area contributed by atoms with Crippen molar-refractivity contribution >= 4 is 11.8 Å². The second-order valence-corrected chi connectivity index (χ2v) is 7.44. The van der Waals surface area contributed by atoms with E-state index in [1.54, 1.807) is 29.0 Å². The third kappa shape index (κ3) is 3.37. The largest absolute Gasteiger partial charge is 0.351 e. The number of fused-ring (bicyclic) bond motifs is 1. The third-order valence-electron chi connectivity index (χ3n) is 5.56. The van der Waals surface area contributed by atoms with Crippen molar-refractivity contribution in [2.45, 2.75) is 37.9 Å². The lowest BCUT2D eigenvalue weighted by molar-refractivity contribution is -0.132. The first-order valence-corrected chi connectivity index (χ1v) is 9.27. The summed E-state index contributed by atoms with van der Waals surface area (Å²) in [5.74, 6) is 0.134. The number of amides is 2. The van der Waals surface area contributed by atoms with E-state index in [4.69, 9.17) is 0 Å². The van der Waals surface area contributed by atoms with Gasteiger partial charge in [-0.1, -0.05) is 0 Å². The van der Waals surface area contributed by atoms with Crippen LogP contribution in [0.2, 0.25) is 0 Å². The van der Waals surface area contributed by atoms with Gasteiger partial charge in [-0.15, -0.1) is 0 Å². The van der Waals surface area contributed by atoms with Crippen LogP contribution in [0.3, 0.4) is 0 Å². The molecule has 5 rings (SSSR count). The topological polar surface area (TPSA) is 122 Å². The number of rotatable bonds is 6. The van der Waals surface area contributed by atoms with Crippen LogP contribution < -0.4 is 16.4 Å². The number of hydrogen-bond donors (Lipinski definition) is 2. The Morgan fingerprint density at radius 1 is 1.36 bits per heavy atom. The molecule has 3 fully saturated rings. The molecule has 2 aromatic heterocycles. The SMILES string of the molecule is Cn1cc(CC(=O)NC2C3CC2N(C(=O)CCn2cc[nH]c(=O)c2=O)C3)cn1. The molecular weight excluding hydrogens is 364 g/mol. The Kier molecular flexibility index (Phi) is 4.62. The van der Waals surface area contributed by atoms with Gasteiger partial charge in [0.05, 0.1) is 24.7 Å². The Morgan fingerprint density at radius 3 is 2.93 bits per heavy atom. The molecule has 3 aliphatic rings. The van der Waals surface area contributed by atoms with E-state index in [2.05, 4.69) is 15.4 Å². The van der Waals surface area contributed by atoms with Gasteiger partial charge < -0.3 is 19.8 Å². The highest BCUT2D eigenvalue weighted by Gasteiger charge is 2.53. The Labute approximate surface area is 160 Å². The highest BCUT2D eigenvalue weighted by Crippen LogP contribution is 2.41. The summed E-state index contributed by atoms with van der Waals surface area (Å²) in [6.07, 6.45) is 7.61. The number of nitrogens with zero attached hydrogens (tertiary/aromatic N) is 4. The van der Waals surface area contributed by atoms with E-state index >= 15 is 0 Å². The fourth-order valence-electron chi connectivity index (χ4n) is 4.10. The first-order valence-electron chi connectivity index (χ1n) is 9.27. The maximum Gasteiger partial charge on any atom is 0.316 e. The molecule has 2 amide bonds. The van der Waals surface area contributed by atoms with Gasteiger partial charge in [0.1, 0.15) is 0 Å². The van der Waals surface area contributed by atoms with Crippen molar-refractivity contribution in [1.82, 2.24) is 29.5 Å². The molecule has 2 N–H and O–H groups in total. The van der Waals surface area contributed by atoms with Crippen LogP contribution in [0.5, 0.6) is 0 Å². The predicted octanol–water partition coefficient (Wildman–Crippen LogP) is -1.38. The minimum atomic E-state index is -0.699. The van der Waals surface area contributed by atoms with Gasteiger partial charge >= 0.3 is 11.1 Å². The molecule has 10 heteroatoms. The highest BCUT2D eigenvalue weighted by atomic mass is 16.2. The Balaban J connectivity index is 1.31. The summed E-state index contributed by atoms with van der Waals surface area (Å²) in [6, 6.07) is -0.0124. The quantitative estimate of drug-likeness (QED) is 0.593. The third-order valence-corrected chi connectivity index (χ3v) is 5.56. The lowest BCUT2D eigenvalue weighted by Crippen LogP contribution is -2.55. The molecular formula is C18H22N6O4. The van der Waals surface area contributed by atoms with Crippen LogP contribution in [0.25, 0.3) is 0 Å². The number of nitrogens with one attached hydrogen (secondary N) is 2. The number of aryl methyl sites for hydroxylation is 2. The maximum absolute atomic E-state index is 12.6. The normalized spacial score (nSPS) is 22.8. The van der Waals surface area contributed by atoms with E-state index in [9.17, 15) is 19.2 Å². The molecule has 10 nitrogen and oxygen atoms in total. The van der Waals surface area contributed by atoms with Crippen molar-refractivity contribution in [2.75, 3.05) is 6.54 Å². The number of hydrogen-bond acceptors (Lipinski definition) is 5.